The van der Waals surface area contributed by atoms with Crippen molar-refractivity contribution >= 4 is 33.0 Å². The number of piperidine rings is 1. The van der Waals surface area contributed by atoms with E-state index in [0.717, 1.165) is 16.2 Å². The molecule has 1 aliphatic heterocycles. The van der Waals surface area contributed by atoms with Crippen LogP contribution in [0.15, 0.2) is 51.8 Å². The minimum atomic E-state index is -3.51. The van der Waals surface area contributed by atoms with E-state index in [0.29, 0.717) is 30.8 Å². The average Bonchev–Trinajstić information content (AvgIpc) is 3.21. The van der Waals surface area contributed by atoms with Gasteiger partial charge in [-0.15, -0.1) is 11.3 Å². The number of carbonyl (C=O) groups is 1. The molecule has 3 rings (SSSR count). The Hall–Kier alpha value is -2.03. The molecule has 1 saturated heterocycles. The summed E-state index contributed by atoms with van der Waals surface area (Å²) in [6, 6.07) is 10.7. The van der Waals surface area contributed by atoms with Crippen molar-refractivity contribution in [1.82, 2.24) is 9.73 Å². The number of carbonyl (C=O) groups excluding carboxylic acids is 1. The Bertz CT molecular complexity index is 912. The fourth-order valence-electron chi connectivity index (χ4n) is 2.99. The fourth-order valence-corrected chi connectivity index (χ4v) is 5.13. The summed E-state index contributed by atoms with van der Waals surface area (Å²) in [4.78, 5) is 13.7. The van der Waals surface area contributed by atoms with Gasteiger partial charge in [0, 0.05) is 23.9 Å². The smallest absolute Gasteiger partial charge is 0.243 e. The second-order valence-corrected chi connectivity index (χ2v) is 9.53. The maximum Gasteiger partial charge on any atom is 0.243 e. The van der Waals surface area contributed by atoms with E-state index in [-0.39, 0.29) is 11.8 Å². The topological polar surface area (TPSA) is 78.8 Å². The van der Waals surface area contributed by atoms with Gasteiger partial charge < -0.3 is 0 Å². The maximum atomic E-state index is 12.7. The van der Waals surface area contributed by atoms with Gasteiger partial charge in [0.1, 0.15) is 0 Å². The molecule has 1 aromatic heterocycles. The van der Waals surface area contributed by atoms with Crippen LogP contribution in [0.4, 0.5) is 0 Å². The number of sulfonamides is 1. The van der Waals surface area contributed by atoms with Crippen molar-refractivity contribution in [1.29, 1.82) is 0 Å². The molecule has 6 nitrogen and oxygen atoms in total. The van der Waals surface area contributed by atoms with Crippen LogP contribution in [0.1, 0.15) is 30.2 Å². The first-order valence-electron chi connectivity index (χ1n) is 8.83. The molecule has 2 aromatic rings. The lowest BCUT2D eigenvalue weighted by Gasteiger charge is -2.30. The minimum absolute atomic E-state index is 0.154. The highest BCUT2D eigenvalue weighted by atomic mass is 32.2. The van der Waals surface area contributed by atoms with Gasteiger partial charge in [-0.2, -0.15) is 9.41 Å². The van der Waals surface area contributed by atoms with Crippen molar-refractivity contribution in [2.75, 3.05) is 13.1 Å². The summed E-state index contributed by atoms with van der Waals surface area (Å²) >= 11 is 1.56. The van der Waals surface area contributed by atoms with Crippen LogP contribution in [-0.4, -0.2) is 37.4 Å². The van der Waals surface area contributed by atoms with E-state index in [9.17, 15) is 13.2 Å². The van der Waals surface area contributed by atoms with E-state index in [4.69, 9.17) is 0 Å². The first-order valence-corrected chi connectivity index (χ1v) is 11.1. The Morgan fingerprint density at radius 1 is 1.19 bits per heavy atom. The van der Waals surface area contributed by atoms with Crippen molar-refractivity contribution in [3.63, 3.8) is 0 Å². The molecule has 144 valence electrons. The molecule has 0 radical (unpaired) electrons. The summed E-state index contributed by atoms with van der Waals surface area (Å²) in [5, 5.41) is 6.12. The first-order chi connectivity index (χ1) is 12.9. The van der Waals surface area contributed by atoms with Crippen LogP contribution in [0, 0.1) is 12.8 Å². The summed E-state index contributed by atoms with van der Waals surface area (Å²) in [6.07, 6.45) is 0.981. The lowest BCUT2D eigenvalue weighted by molar-refractivity contribution is -0.126. The summed E-state index contributed by atoms with van der Waals surface area (Å²) in [6.45, 7) is 4.44. The number of amides is 1. The van der Waals surface area contributed by atoms with E-state index >= 15 is 0 Å². The van der Waals surface area contributed by atoms with Crippen LogP contribution >= 0.6 is 11.3 Å². The zero-order chi connectivity index (χ0) is 19.4. The Morgan fingerprint density at radius 2 is 1.85 bits per heavy atom. The van der Waals surface area contributed by atoms with Crippen LogP contribution in [0.2, 0.25) is 0 Å². The molecule has 0 saturated carbocycles. The third kappa shape index (κ3) is 4.63. The number of aryl methyl sites for hydroxylation is 1. The summed E-state index contributed by atoms with van der Waals surface area (Å²) in [5.74, 6) is -0.382. The van der Waals surface area contributed by atoms with Crippen molar-refractivity contribution in [3.05, 3.63) is 52.2 Å². The Labute approximate surface area is 164 Å². The van der Waals surface area contributed by atoms with Crippen LogP contribution in [-0.2, 0) is 14.8 Å². The minimum Gasteiger partial charge on any atom is -0.273 e. The SMILES string of the molecule is CC(=NNC(=O)C1CCN(S(=O)(=O)c2ccc(C)cc2)CC1)c1cccs1. The second-order valence-electron chi connectivity index (χ2n) is 6.64. The molecular weight excluding hydrogens is 382 g/mol. The average molecular weight is 406 g/mol. The van der Waals surface area contributed by atoms with Crippen LogP contribution < -0.4 is 5.43 Å². The maximum absolute atomic E-state index is 12.7. The number of thiophene rings is 1. The van der Waals surface area contributed by atoms with Gasteiger partial charge in [0.05, 0.1) is 10.6 Å². The van der Waals surface area contributed by atoms with Crippen molar-refractivity contribution in [3.8, 4) is 0 Å². The third-order valence-electron chi connectivity index (χ3n) is 4.70. The van der Waals surface area contributed by atoms with Gasteiger partial charge in [-0.05, 0) is 50.3 Å². The highest BCUT2D eigenvalue weighted by molar-refractivity contribution is 7.89. The Balaban J connectivity index is 1.57. The molecule has 0 spiro atoms. The summed E-state index contributed by atoms with van der Waals surface area (Å²) in [7, 11) is -3.51. The van der Waals surface area contributed by atoms with Gasteiger partial charge in [0.2, 0.25) is 15.9 Å². The molecule has 0 unspecified atom stereocenters. The van der Waals surface area contributed by atoms with Crippen molar-refractivity contribution in [2.24, 2.45) is 11.0 Å². The molecule has 0 bridgehead atoms. The third-order valence-corrected chi connectivity index (χ3v) is 7.59. The van der Waals surface area contributed by atoms with E-state index in [1.165, 1.54) is 4.31 Å². The van der Waals surface area contributed by atoms with E-state index in [1.807, 2.05) is 31.4 Å². The molecule has 1 amide bonds. The lowest BCUT2D eigenvalue weighted by Crippen LogP contribution is -2.42. The van der Waals surface area contributed by atoms with Crippen LogP contribution in [0.3, 0.4) is 0 Å². The monoisotopic (exact) mass is 405 g/mol. The van der Waals surface area contributed by atoms with Gasteiger partial charge in [-0.1, -0.05) is 23.8 Å². The van der Waals surface area contributed by atoms with Crippen molar-refractivity contribution < 1.29 is 13.2 Å². The second kappa shape index (κ2) is 8.33. The fraction of sp³-hybridized carbons (Fsp3) is 0.368. The van der Waals surface area contributed by atoms with Crippen LogP contribution in [0.5, 0.6) is 0 Å². The number of hydrogen-bond donors (Lipinski definition) is 1. The van der Waals surface area contributed by atoms with Crippen LogP contribution in [0.25, 0.3) is 0 Å². The molecular formula is C19H23N3O3S2. The number of hydrogen-bond acceptors (Lipinski definition) is 5. The number of benzene rings is 1. The lowest BCUT2D eigenvalue weighted by atomic mass is 9.98. The Morgan fingerprint density at radius 3 is 2.44 bits per heavy atom. The largest absolute Gasteiger partial charge is 0.273 e. The van der Waals surface area contributed by atoms with E-state index in [2.05, 4.69) is 10.5 Å². The van der Waals surface area contributed by atoms with Gasteiger partial charge in [0.15, 0.2) is 0 Å². The van der Waals surface area contributed by atoms with Gasteiger partial charge in [-0.25, -0.2) is 13.8 Å². The quantitative estimate of drug-likeness (QED) is 0.613. The van der Waals surface area contributed by atoms with Gasteiger partial charge in [0.25, 0.3) is 0 Å². The molecule has 1 N–H and O–H groups in total. The van der Waals surface area contributed by atoms with Gasteiger partial charge in [-0.3, -0.25) is 4.79 Å². The number of nitrogens with zero attached hydrogens (tertiary/aromatic N) is 2. The normalized spacial score (nSPS) is 17.0. The van der Waals surface area contributed by atoms with Crippen molar-refractivity contribution in [2.45, 2.75) is 31.6 Å². The van der Waals surface area contributed by atoms with E-state index in [1.54, 1.807) is 35.6 Å². The molecule has 1 fully saturated rings. The zero-order valence-corrected chi connectivity index (χ0v) is 17.0. The highest BCUT2D eigenvalue weighted by Gasteiger charge is 2.32. The summed E-state index contributed by atoms with van der Waals surface area (Å²) < 4.78 is 26.9. The molecule has 1 aromatic carbocycles. The molecule has 8 heteroatoms. The molecule has 2 heterocycles. The predicted molar refractivity (Wildman–Crippen MR) is 107 cm³/mol. The summed E-state index contributed by atoms with van der Waals surface area (Å²) in [5.41, 5.74) is 4.40. The van der Waals surface area contributed by atoms with Gasteiger partial charge >= 0.3 is 0 Å². The zero-order valence-electron chi connectivity index (χ0n) is 15.4. The molecule has 0 atom stereocenters. The number of rotatable bonds is 5. The van der Waals surface area contributed by atoms with E-state index < -0.39 is 10.0 Å². The molecule has 0 aliphatic carbocycles. The molecule has 1 aliphatic rings. The first kappa shape index (κ1) is 19.7. The molecule has 27 heavy (non-hydrogen) atoms. The predicted octanol–water partition coefficient (Wildman–Crippen LogP) is 3.00. The number of nitrogens with one attached hydrogen (secondary N) is 1. The Kier molecular flexibility index (Phi) is 6.08. The standard InChI is InChI=1S/C19H23N3O3S2/c1-14-5-7-17(8-6-14)27(24,25)22-11-9-16(10-12-22)19(23)21-20-15(2)18-4-3-13-26-18/h3-8,13,16H,9-12H2,1-2H3,(H,21,23). The number of hydrazone groups is 1. The highest BCUT2D eigenvalue weighted by Crippen LogP contribution is 2.24.